The van der Waals surface area contributed by atoms with Gasteiger partial charge < -0.3 is 21.1 Å². The highest BCUT2D eigenvalue weighted by atomic mass is 32.1. The lowest BCUT2D eigenvalue weighted by Crippen LogP contribution is -2.52. The van der Waals surface area contributed by atoms with Crippen molar-refractivity contribution in [1.29, 1.82) is 0 Å². The van der Waals surface area contributed by atoms with Gasteiger partial charge in [0.1, 0.15) is 12.1 Å². The van der Waals surface area contributed by atoms with E-state index >= 15 is 0 Å². The second-order valence-corrected chi connectivity index (χ2v) is 4.15. The predicted octanol–water partition coefficient (Wildman–Crippen LogP) is -1.87. The molecular weight excluding hydrogens is 274 g/mol. The maximum Gasteiger partial charge on any atom is 0.327 e. The van der Waals surface area contributed by atoms with Crippen molar-refractivity contribution < 1.29 is 24.3 Å². The van der Waals surface area contributed by atoms with Gasteiger partial charge in [-0.2, -0.15) is 12.6 Å². The lowest BCUT2D eigenvalue weighted by atomic mass is 10.2. The zero-order chi connectivity index (χ0) is 15.0. The molecule has 0 spiro atoms. The summed E-state index contributed by atoms with van der Waals surface area (Å²) in [6.07, 6.45) is 0. The average Bonchev–Trinajstić information content (AvgIpc) is 2.32. The quantitative estimate of drug-likeness (QED) is 0.351. The van der Waals surface area contributed by atoms with Crippen LogP contribution >= 0.6 is 12.6 Å². The molecule has 0 aromatic heterocycles. The Hall–Kier alpha value is -1.77. The molecule has 0 aliphatic rings. The van der Waals surface area contributed by atoms with Gasteiger partial charge in [-0.05, 0) is 6.92 Å². The zero-order valence-electron chi connectivity index (χ0n) is 10.6. The van der Waals surface area contributed by atoms with Gasteiger partial charge in [0.25, 0.3) is 0 Å². The van der Waals surface area contributed by atoms with Crippen LogP contribution in [0, 0.1) is 0 Å². The summed E-state index contributed by atoms with van der Waals surface area (Å²) in [5.74, 6) is -2.82. The van der Waals surface area contributed by atoms with E-state index in [-0.39, 0.29) is 18.2 Å². The first-order valence-electron chi connectivity index (χ1n) is 5.45. The maximum atomic E-state index is 11.6. The summed E-state index contributed by atoms with van der Waals surface area (Å²) in [6, 6.07) is -2.03. The van der Waals surface area contributed by atoms with Crippen molar-refractivity contribution >= 4 is 36.3 Å². The van der Waals surface area contributed by atoms with Gasteiger partial charge in [0.05, 0.1) is 6.54 Å². The van der Waals surface area contributed by atoms with Crippen LogP contribution in [0.1, 0.15) is 13.8 Å². The number of aliphatic carboxylic acids is 1. The molecule has 0 bridgehead atoms. The molecule has 8 nitrogen and oxygen atoms in total. The molecule has 0 aliphatic heterocycles. The summed E-state index contributed by atoms with van der Waals surface area (Å²) in [5, 5.41) is 15.5. The molecule has 0 saturated carbocycles. The molecule has 0 aromatic rings. The van der Waals surface area contributed by atoms with E-state index in [2.05, 4.69) is 28.6 Å². The number of carbonyl (C=O) groups is 4. The van der Waals surface area contributed by atoms with E-state index in [1.807, 2.05) is 0 Å². The molecule has 0 unspecified atom stereocenters. The first kappa shape index (κ1) is 17.2. The van der Waals surface area contributed by atoms with E-state index in [4.69, 9.17) is 5.11 Å². The Balaban J connectivity index is 4.22. The van der Waals surface area contributed by atoms with Gasteiger partial charge in [-0.3, -0.25) is 14.4 Å². The normalized spacial score (nSPS) is 13.0. The fourth-order valence-electron chi connectivity index (χ4n) is 1.05. The van der Waals surface area contributed by atoms with Crippen molar-refractivity contribution in [1.82, 2.24) is 16.0 Å². The van der Waals surface area contributed by atoms with Crippen molar-refractivity contribution in [3.63, 3.8) is 0 Å². The van der Waals surface area contributed by atoms with Gasteiger partial charge in [-0.1, -0.05) is 0 Å². The molecule has 3 amide bonds. The monoisotopic (exact) mass is 291 g/mol. The number of hydrogen-bond donors (Lipinski definition) is 5. The number of rotatable bonds is 7. The molecule has 0 fully saturated rings. The molecule has 0 aliphatic carbocycles. The van der Waals surface area contributed by atoms with Gasteiger partial charge in [0, 0.05) is 12.7 Å². The maximum absolute atomic E-state index is 11.6. The van der Waals surface area contributed by atoms with Crippen LogP contribution in [0.4, 0.5) is 0 Å². The third-order valence-electron chi connectivity index (χ3n) is 2.07. The van der Waals surface area contributed by atoms with Crippen molar-refractivity contribution in [2.24, 2.45) is 0 Å². The summed E-state index contributed by atoms with van der Waals surface area (Å²) >= 11 is 3.79. The summed E-state index contributed by atoms with van der Waals surface area (Å²) in [5.41, 5.74) is 0. The van der Waals surface area contributed by atoms with Gasteiger partial charge in [0.15, 0.2) is 0 Å². The molecule has 9 heteroatoms. The minimum absolute atomic E-state index is 0.0619. The Morgan fingerprint density at radius 1 is 1.21 bits per heavy atom. The molecule has 0 radical (unpaired) electrons. The first-order chi connectivity index (χ1) is 8.77. The fraction of sp³-hybridized carbons (Fsp3) is 0.600. The van der Waals surface area contributed by atoms with Crippen LogP contribution in [0.5, 0.6) is 0 Å². The molecule has 0 rings (SSSR count). The number of amides is 3. The highest BCUT2D eigenvalue weighted by molar-refractivity contribution is 7.80. The van der Waals surface area contributed by atoms with Crippen LogP contribution < -0.4 is 16.0 Å². The van der Waals surface area contributed by atoms with E-state index in [0.29, 0.717) is 0 Å². The smallest absolute Gasteiger partial charge is 0.327 e. The molecule has 0 saturated heterocycles. The molecule has 19 heavy (non-hydrogen) atoms. The van der Waals surface area contributed by atoms with E-state index in [9.17, 15) is 19.2 Å². The van der Waals surface area contributed by atoms with Gasteiger partial charge in [-0.15, -0.1) is 0 Å². The Kier molecular flexibility index (Phi) is 7.57. The number of nitrogens with one attached hydrogen (secondary N) is 3. The van der Waals surface area contributed by atoms with Crippen molar-refractivity contribution in [3.8, 4) is 0 Å². The third kappa shape index (κ3) is 7.29. The fourth-order valence-corrected chi connectivity index (χ4v) is 1.29. The second-order valence-electron chi connectivity index (χ2n) is 3.78. The molecule has 0 heterocycles. The summed E-state index contributed by atoms with van der Waals surface area (Å²) in [4.78, 5) is 44.2. The number of carboxylic acids is 1. The molecule has 4 N–H and O–H groups in total. The SMILES string of the molecule is CC(=O)NCC(=O)N[C@@H](C)C(=O)N[C@@H](CS)C(=O)O. The van der Waals surface area contributed by atoms with Crippen LogP contribution in [0.25, 0.3) is 0 Å². The van der Waals surface area contributed by atoms with Crippen molar-refractivity contribution in [2.75, 3.05) is 12.3 Å². The number of hydrogen-bond acceptors (Lipinski definition) is 5. The van der Waals surface area contributed by atoms with Gasteiger partial charge >= 0.3 is 5.97 Å². The average molecular weight is 291 g/mol. The van der Waals surface area contributed by atoms with Gasteiger partial charge in [-0.25, -0.2) is 4.79 Å². The van der Waals surface area contributed by atoms with E-state index < -0.39 is 29.9 Å². The minimum atomic E-state index is -1.21. The highest BCUT2D eigenvalue weighted by Crippen LogP contribution is 1.91. The molecule has 0 aromatic carbocycles. The third-order valence-corrected chi connectivity index (χ3v) is 2.43. The Morgan fingerprint density at radius 3 is 2.21 bits per heavy atom. The van der Waals surface area contributed by atoms with Crippen LogP contribution in [0.2, 0.25) is 0 Å². The second kappa shape index (κ2) is 8.35. The molecule has 2 atom stereocenters. The number of thiol groups is 1. The van der Waals surface area contributed by atoms with Crippen molar-refractivity contribution in [2.45, 2.75) is 25.9 Å². The first-order valence-corrected chi connectivity index (χ1v) is 6.09. The Labute approximate surface area is 115 Å². The van der Waals surface area contributed by atoms with E-state index in [1.54, 1.807) is 0 Å². The topological polar surface area (TPSA) is 125 Å². The standard InChI is InChI=1S/C10H17N3O5S/c1-5(12-8(15)3-11-6(2)14)9(16)13-7(4-19)10(17)18/h5,7,19H,3-4H2,1-2H3,(H,11,14)(H,12,15)(H,13,16)(H,17,18)/t5-,7-/m0/s1. The summed E-state index contributed by atoms with van der Waals surface area (Å²) in [6.45, 7) is 2.41. The zero-order valence-corrected chi connectivity index (χ0v) is 11.5. The number of carboxylic acid groups (broad SMARTS) is 1. The van der Waals surface area contributed by atoms with Crippen LogP contribution in [0.3, 0.4) is 0 Å². The Morgan fingerprint density at radius 2 is 1.79 bits per heavy atom. The van der Waals surface area contributed by atoms with E-state index in [1.165, 1.54) is 13.8 Å². The van der Waals surface area contributed by atoms with Crippen LogP contribution in [-0.2, 0) is 19.2 Å². The van der Waals surface area contributed by atoms with Crippen LogP contribution in [-0.4, -0.2) is 53.2 Å². The minimum Gasteiger partial charge on any atom is -0.480 e. The van der Waals surface area contributed by atoms with Crippen molar-refractivity contribution in [3.05, 3.63) is 0 Å². The summed E-state index contributed by atoms with van der Waals surface area (Å²) < 4.78 is 0. The predicted molar refractivity (Wildman–Crippen MR) is 69.7 cm³/mol. The lowest BCUT2D eigenvalue weighted by molar-refractivity contribution is -0.141. The lowest BCUT2D eigenvalue weighted by Gasteiger charge is -2.17. The Bertz CT molecular complexity index is 374. The summed E-state index contributed by atoms with van der Waals surface area (Å²) in [7, 11) is 0. The molecular formula is C10H17N3O5S. The van der Waals surface area contributed by atoms with Gasteiger partial charge in [0.2, 0.25) is 17.7 Å². The molecule has 108 valence electrons. The number of carbonyl (C=O) groups excluding carboxylic acids is 3. The largest absolute Gasteiger partial charge is 0.480 e. The van der Waals surface area contributed by atoms with E-state index in [0.717, 1.165) is 0 Å². The highest BCUT2D eigenvalue weighted by Gasteiger charge is 2.22. The van der Waals surface area contributed by atoms with Crippen LogP contribution in [0.15, 0.2) is 0 Å².